The summed E-state index contributed by atoms with van der Waals surface area (Å²) in [5, 5.41) is 2.07. The Balaban J connectivity index is 1.74. The van der Waals surface area contributed by atoms with Gasteiger partial charge in [-0.2, -0.15) is 13.2 Å². The van der Waals surface area contributed by atoms with Gasteiger partial charge in [0, 0.05) is 5.92 Å². The summed E-state index contributed by atoms with van der Waals surface area (Å²) < 4.78 is 44.1. The zero-order valence-electron chi connectivity index (χ0n) is 17.4. The van der Waals surface area contributed by atoms with E-state index in [0.717, 1.165) is 34.0 Å². The summed E-state index contributed by atoms with van der Waals surface area (Å²) >= 11 is 0. The lowest BCUT2D eigenvalue weighted by atomic mass is 9.73. The number of carbonyl (C=O) groups is 2. The molecule has 0 amide bonds. The maximum absolute atomic E-state index is 13.0. The SMILES string of the molecule is CCOC(=O)C1C(=O)C=C(c2ccc3ccccc3c2)CC1c1ccc(C(F)(F)F)cc1. The molecule has 2 atom stereocenters. The number of halogens is 3. The van der Waals surface area contributed by atoms with Crippen LogP contribution in [-0.4, -0.2) is 18.4 Å². The summed E-state index contributed by atoms with van der Waals surface area (Å²) in [5.74, 6) is -2.76. The monoisotopic (exact) mass is 438 g/mol. The second-order valence-corrected chi connectivity index (χ2v) is 7.79. The third-order valence-corrected chi connectivity index (χ3v) is 5.79. The molecule has 2 unspecified atom stereocenters. The highest BCUT2D eigenvalue weighted by Gasteiger charge is 2.40. The first kappa shape index (κ1) is 21.8. The van der Waals surface area contributed by atoms with Crippen LogP contribution in [0.2, 0.25) is 0 Å². The van der Waals surface area contributed by atoms with Gasteiger partial charge < -0.3 is 4.74 Å². The molecule has 4 rings (SSSR count). The Hall–Kier alpha value is -3.41. The van der Waals surface area contributed by atoms with E-state index >= 15 is 0 Å². The van der Waals surface area contributed by atoms with Crippen LogP contribution in [0, 0.1) is 5.92 Å². The quantitative estimate of drug-likeness (QED) is 0.361. The van der Waals surface area contributed by atoms with Crippen LogP contribution < -0.4 is 0 Å². The van der Waals surface area contributed by atoms with Gasteiger partial charge in [0.05, 0.1) is 12.2 Å². The van der Waals surface area contributed by atoms with Crippen molar-refractivity contribution in [2.75, 3.05) is 6.61 Å². The lowest BCUT2D eigenvalue weighted by Gasteiger charge is -2.29. The summed E-state index contributed by atoms with van der Waals surface area (Å²) in [4.78, 5) is 25.6. The largest absolute Gasteiger partial charge is 0.465 e. The van der Waals surface area contributed by atoms with Crippen molar-refractivity contribution in [3.05, 3.63) is 89.5 Å². The number of fused-ring (bicyclic) bond motifs is 1. The first-order valence-electron chi connectivity index (χ1n) is 10.4. The van der Waals surface area contributed by atoms with Crippen molar-refractivity contribution in [2.24, 2.45) is 5.92 Å². The number of carbonyl (C=O) groups excluding carboxylic acids is 2. The molecule has 6 heteroatoms. The molecular formula is C26H21F3O3. The Kier molecular flexibility index (Phi) is 5.87. The molecule has 3 aromatic carbocycles. The minimum Gasteiger partial charge on any atom is -0.465 e. The van der Waals surface area contributed by atoms with Crippen LogP contribution in [0.5, 0.6) is 0 Å². The number of hydrogen-bond acceptors (Lipinski definition) is 3. The van der Waals surface area contributed by atoms with Crippen LogP contribution in [0.1, 0.15) is 36.0 Å². The fourth-order valence-corrected chi connectivity index (χ4v) is 4.21. The molecule has 164 valence electrons. The van der Waals surface area contributed by atoms with Crippen molar-refractivity contribution in [2.45, 2.75) is 25.4 Å². The molecule has 1 aliphatic rings. The first-order valence-corrected chi connectivity index (χ1v) is 10.4. The van der Waals surface area contributed by atoms with Crippen LogP contribution in [0.25, 0.3) is 16.3 Å². The molecule has 0 radical (unpaired) electrons. The fraction of sp³-hybridized carbons (Fsp3) is 0.231. The normalized spacial score (nSPS) is 19.0. The van der Waals surface area contributed by atoms with E-state index in [1.54, 1.807) is 6.92 Å². The molecule has 0 aliphatic heterocycles. The molecule has 0 heterocycles. The van der Waals surface area contributed by atoms with Crippen molar-refractivity contribution in [3.63, 3.8) is 0 Å². The molecule has 0 bridgehead atoms. The molecule has 0 saturated carbocycles. The van der Waals surface area contributed by atoms with Gasteiger partial charge in [0.1, 0.15) is 5.92 Å². The summed E-state index contributed by atoms with van der Waals surface area (Å²) in [6, 6.07) is 18.3. The zero-order chi connectivity index (χ0) is 22.9. The van der Waals surface area contributed by atoms with Gasteiger partial charge >= 0.3 is 12.1 Å². The highest BCUT2D eigenvalue weighted by atomic mass is 19.4. The van der Waals surface area contributed by atoms with Crippen molar-refractivity contribution in [3.8, 4) is 0 Å². The van der Waals surface area contributed by atoms with Gasteiger partial charge in [-0.3, -0.25) is 9.59 Å². The van der Waals surface area contributed by atoms with Crippen molar-refractivity contribution >= 4 is 28.1 Å². The van der Waals surface area contributed by atoms with Gasteiger partial charge in [0.2, 0.25) is 0 Å². The van der Waals surface area contributed by atoms with E-state index in [-0.39, 0.29) is 6.61 Å². The molecule has 3 aromatic rings. The van der Waals surface area contributed by atoms with Crippen molar-refractivity contribution in [1.82, 2.24) is 0 Å². The molecule has 1 aliphatic carbocycles. The number of alkyl halides is 3. The Bertz CT molecular complexity index is 1190. The molecular weight excluding hydrogens is 417 g/mol. The van der Waals surface area contributed by atoms with Gasteiger partial charge in [0.25, 0.3) is 0 Å². The number of esters is 1. The van der Waals surface area contributed by atoms with E-state index in [0.29, 0.717) is 12.0 Å². The average molecular weight is 438 g/mol. The van der Waals surface area contributed by atoms with Crippen LogP contribution in [0.4, 0.5) is 13.2 Å². The Morgan fingerprint density at radius 3 is 2.34 bits per heavy atom. The predicted octanol–water partition coefficient (Wildman–Crippen LogP) is 6.18. The van der Waals surface area contributed by atoms with Crippen LogP contribution in [-0.2, 0) is 20.5 Å². The first-order chi connectivity index (χ1) is 15.3. The second kappa shape index (κ2) is 8.61. The Morgan fingerprint density at radius 2 is 1.69 bits per heavy atom. The maximum Gasteiger partial charge on any atom is 0.416 e. The lowest BCUT2D eigenvalue weighted by molar-refractivity contribution is -0.151. The van der Waals surface area contributed by atoms with Crippen LogP contribution >= 0.6 is 0 Å². The maximum atomic E-state index is 13.0. The molecule has 0 N–H and O–H groups in total. The fourth-order valence-electron chi connectivity index (χ4n) is 4.21. The lowest BCUT2D eigenvalue weighted by Crippen LogP contribution is -2.34. The van der Waals surface area contributed by atoms with Gasteiger partial charge in [0.15, 0.2) is 5.78 Å². The van der Waals surface area contributed by atoms with Crippen LogP contribution in [0.3, 0.4) is 0 Å². The van der Waals surface area contributed by atoms with E-state index in [2.05, 4.69) is 0 Å². The molecule has 3 nitrogen and oxygen atoms in total. The standard InChI is InChI=1S/C26H21F3O3/c1-2-32-25(31)24-22(17-9-11-21(12-10-17)26(27,28)29)14-20(15-23(24)30)19-8-7-16-5-3-4-6-18(16)13-19/h3-13,15,22,24H,2,14H2,1H3. The number of ketones is 1. The number of benzene rings is 3. The molecule has 0 aromatic heterocycles. The molecule has 0 fully saturated rings. The highest BCUT2D eigenvalue weighted by molar-refractivity contribution is 6.11. The third-order valence-electron chi connectivity index (χ3n) is 5.79. The molecule has 0 spiro atoms. The van der Waals surface area contributed by atoms with Crippen molar-refractivity contribution < 1.29 is 27.5 Å². The van der Waals surface area contributed by atoms with Gasteiger partial charge in [-0.15, -0.1) is 0 Å². The summed E-state index contributed by atoms with van der Waals surface area (Å²) in [7, 11) is 0. The van der Waals surface area contributed by atoms with Gasteiger partial charge in [-0.05, 0) is 65.1 Å². The third kappa shape index (κ3) is 4.31. The number of ether oxygens (including phenoxy) is 1. The van der Waals surface area contributed by atoms with Gasteiger partial charge in [-0.1, -0.05) is 48.5 Å². The zero-order valence-corrected chi connectivity index (χ0v) is 17.4. The second-order valence-electron chi connectivity index (χ2n) is 7.79. The Labute approximate surface area is 183 Å². The van der Waals surface area contributed by atoms with E-state index < -0.39 is 35.3 Å². The summed E-state index contributed by atoms with van der Waals surface area (Å²) in [6.07, 6.45) is -2.66. The highest BCUT2D eigenvalue weighted by Crippen LogP contribution is 2.41. The van der Waals surface area contributed by atoms with Gasteiger partial charge in [-0.25, -0.2) is 0 Å². The summed E-state index contributed by atoms with van der Waals surface area (Å²) in [6.45, 7) is 1.76. The molecule has 32 heavy (non-hydrogen) atoms. The van der Waals surface area contributed by atoms with E-state index in [4.69, 9.17) is 4.74 Å². The number of allylic oxidation sites excluding steroid dienone is 2. The minimum absolute atomic E-state index is 0.115. The average Bonchev–Trinajstić information content (AvgIpc) is 2.78. The topological polar surface area (TPSA) is 43.4 Å². The van der Waals surface area contributed by atoms with E-state index in [9.17, 15) is 22.8 Å². The van der Waals surface area contributed by atoms with Crippen LogP contribution in [0.15, 0.2) is 72.8 Å². The summed E-state index contributed by atoms with van der Waals surface area (Å²) in [5.41, 5.74) is 1.31. The van der Waals surface area contributed by atoms with Crippen molar-refractivity contribution in [1.29, 1.82) is 0 Å². The number of rotatable bonds is 4. The van der Waals surface area contributed by atoms with E-state index in [1.165, 1.54) is 18.2 Å². The van der Waals surface area contributed by atoms with E-state index in [1.807, 2.05) is 42.5 Å². The minimum atomic E-state index is -4.46. The smallest absolute Gasteiger partial charge is 0.416 e. The predicted molar refractivity (Wildman–Crippen MR) is 116 cm³/mol. The molecule has 0 saturated heterocycles. The Morgan fingerprint density at radius 1 is 1.00 bits per heavy atom. The number of hydrogen-bond donors (Lipinski definition) is 0.